The van der Waals surface area contributed by atoms with Gasteiger partial charge in [-0.15, -0.1) is 0 Å². The molecule has 152 valence electrons. The number of nitrogens with one attached hydrogen (secondary N) is 1. The van der Waals surface area contributed by atoms with E-state index in [-0.39, 0.29) is 5.91 Å². The van der Waals surface area contributed by atoms with Crippen molar-refractivity contribution in [3.63, 3.8) is 0 Å². The second-order valence-electron chi connectivity index (χ2n) is 7.36. The van der Waals surface area contributed by atoms with E-state index in [1.54, 1.807) is 7.11 Å². The third-order valence-electron chi connectivity index (χ3n) is 5.21. The predicted octanol–water partition coefficient (Wildman–Crippen LogP) is 3.32. The molecule has 1 N–H and O–H groups in total. The first kappa shape index (κ1) is 19.8. The van der Waals surface area contributed by atoms with Crippen molar-refractivity contribution in [3.05, 3.63) is 53.6 Å². The summed E-state index contributed by atoms with van der Waals surface area (Å²) in [6, 6.07) is 14.4. The van der Waals surface area contributed by atoms with E-state index < -0.39 is 0 Å². The molecule has 0 unspecified atom stereocenters. The van der Waals surface area contributed by atoms with Crippen LogP contribution in [0.4, 0.5) is 0 Å². The van der Waals surface area contributed by atoms with Crippen molar-refractivity contribution < 1.29 is 9.53 Å². The summed E-state index contributed by atoms with van der Waals surface area (Å²) < 4.78 is 5.24. The largest absolute Gasteiger partial charge is 0.497 e. The molecule has 1 fully saturated rings. The van der Waals surface area contributed by atoms with Gasteiger partial charge in [-0.2, -0.15) is 0 Å². The van der Waals surface area contributed by atoms with Gasteiger partial charge in [0.2, 0.25) is 5.91 Å². The highest BCUT2D eigenvalue weighted by Crippen LogP contribution is 2.23. The molecular formula is C22H26N4O2S. The summed E-state index contributed by atoms with van der Waals surface area (Å²) in [5, 5.41) is 0.764. The van der Waals surface area contributed by atoms with Crippen LogP contribution in [0.1, 0.15) is 11.1 Å². The van der Waals surface area contributed by atoms with E-state index in [0.717, 1.165) is 54.7 Å². The Morgan fingerprint density at radius 3 is 2.76 bits per heavy atom. The monoisotopic (exact) mass is 410 g/mol. The number of aryl methyl sites for hydroxylation is 1. The molecule has 7 heteroatoms. The molecule has 0 atom stereocenters. The Kier molecular flexibility index (Phi) is 6.06. The standard InChI is InChI=1S/C22H26N4O2S/c1-16-4-3-5-17(12-16)14-25-8-10-26(11-9-25)21(27)15-29-22-23-19-7-6-18(28-2)13-20(19)24-22/h3-7,12-13H,8-11,14-15H2,1-2H3,(H,23,24). The molecule has 0 aliphatic carbocycles. The Morgan fingerprint density at radius 1 is 1.17 bits per heavy atom. The van der Waals surface area contributed by atoms with Gasteiger partial charge in [-0.1, -0.05) is 41.6 Å². The summed E-state index contributed by atoms with van der Waals surface area (Å²) in [4.78, 5) is 24.8. The number of piperazine rings is 1. The summed E-state index contributed by atoms with van der Waals surface area (Å²) in [5.41, 5.74) is 4.42. The highest BCUT2D eigenvalue weighted by atomic mass is 32.2. The number of hydrogen-bond donors (Lipinski definition) is 1. The fraction of sp³-hybridized carbons (Fsp3) is 0.364. The van der Waals surface area contributed by atoms with Crippen LogP contribution >= 0.6 is 11.8 Å². The lowest BCUT2D eigenvalue weighted by atomic mass is 10.1. The van der Waals surface area contributed by atoms with Crippen LogP contribution in [0, 0.1) is 6.92 Å². The number of aromatic amines is 1. The van der Waals surface area contributed by atoms with E-state index in [9.17, 15) is 4.79 Å². The molecule has 1 aliphatic heterocycles. The minimum atomic E-state index is 0.170. The molecule has 29 heavy (non-hydrogen) atoms. The van der Waals surface area contributed by atoms with Crippen molar-refractivity contribution in [1.29, 1.82) is 0 Å². The predicted molar refractivity (Wildman–Crippen MR) is 116 cm³/mol. The molecule has 1 amide bonds. The quantitative estimate of drug-likeness (QED) is 0.632. The Bertz CT molecular complexity index is 995. The van der Waals surface area contributed by atoms with Gasteiger partial charge in [0.15, 0.2) is 5.16 Å². The number of fused-ring (bicyclic) bond motifs is 1. The maximum atomic E-state index is 12.6. The van der Waals surface area contributed by atoms with E-state index in [1.807, 2.05) is 23.1 Å². The lowest BCUT2D eigenvalue weighted by Crippen LogP contribution is -2.48. The van der Waals surface area contributed by atoms with Gasteiger partial charge in [-0.25, -0.2) is 4.98 Å². The molecule has 2 heterocycles. The average Bonchev–Trinajstić information content (AvgIpc) is 3.14. The van der Waals surface area contributed by atoms with Crippen molar-refractivity contribution >= 4 is 28.7 Å². The van der Waals surface area contributed by atoms with E-state index in [2.05, 4.69) is 46.1 Å². The van der Waals surface area contributed by atoms with Crippen LogP contribution in [-0.2, 0) is 11.3 Å². The molecule has 0 radical (unpaired) electrons. The normalized spacial score (nSPS) is 15.0. The summed E-state index contributed by atoms with van der Waals surface area (Å²) in [5.74, 6) is 1.36. The van der Waals surface area contributed by atoms with Crippen molar-refractivity contribution in [1.82, 2.24) is 19.8 Å². The van der Waals surface area contributed by atoms with Crippen LogP contribution in [0.2, 0.25) is 0 Å². The number of hydrogen-bond acceptors (Lipinski definition) is 5. The molecular weight excluding hydrogens is 384 g/mol. The van der Waals surface area contributed by atoms with E-state index in [0.29, 0.717) is 5.75 Å². The number of nitrogens with zero attached hydrogens (tertiary/aromatic N) is 3. The molecule has 1 aliphatic rings. The van der Waals surface area contributed by atoms with E-state index in [1.165, 1.54) is 22.9 Å². The first-order valence-corrected chi connectivity index (χ1v) is 10.8. The average molecular weight is 411 g/mol. The number of methoxy groups -OCH3 is 1. The molecule has 0 saturated carbocycles. The van der Waals surface area contributed by atoms with Crippen molar-refractivity contribution in [3.8, 4) is 5.75 Å². The van der Waals surface area contributed by atoms with Gasteiger partial charge in [0.1, 0.15) is 5.75 Å². The number of rotatable bonds is 6. The van der Waals surface area contributed by atoms with Gasteiger partial charge in [-0.3, -0.25) is 9.69 Å². The minimum Gasteiger partial charge on any atom is -0.497 e. The van der Waals surface area contributed by atoms with Gasteiger partial charge >= 0.3 is 0 Å². The highest BCUT2D eigenvalue weighted by molar-refractivity contribution is 7.99. The Hall–Kier alpha value is -2.51. The number of thioether (sulfide) groups is 1. The molecule has 0 bridgehead atoms. The lowest BCUT2D eigenvalue weighted by molar-refractivity contribution is -0.130. The van der Waals surface area contributed by atoms with Crippen LogP contribution in [0.3, 0.4) is 0 Å². The van der Waals surface area contributed by atoms with Crippen LogP contribution in [0.5, 0.6) is 5.75 Å². The van der Waals surface area contributed by atoms with Crippen molar-refractivity contribution in [2.45, 2.75) is 18.6 Å². The second-order valence-corrected chi connectivity index (χ2v) is 8.32. The molecule has 3 aromatic rings. The van der Waals surface area contributed by atoms with Crippen LogP contribution in [0.25, 0.3) is 11.0 Å². The third-order valence-corrected chi connectivity index (χ3v) is 6.07. The lowest BCUT2D eigenvalue weighted by Gasteiger charge is -2.34. The summed E-state index contributed by atoms with van der Waals surface area (Å²) in [6.45, 7) is 6.45. The molecule has 1 saturated heterocycles. The number of imidazole rings is 1. The molecule has 1 aromatic heterocycles. The molecule has 0 spiro atoms. The van der Waals surface area contributed by atoms with E-state index in [4.69, 9.17) is 4.74 Å². The first-order chi connectivity index (χ1) is 14.1. The zero-order chi connectivity index (χ0) is 20.2. The van der Waals surface area contributed by atoms with Gasteiger partial charge in [-0.05, 0) is 24.6 Å². The van der Waals surface area contributed by atoms with Crippen LogP contribution < -0.4 is 4.74 Å². The Morgan fingerprint density at radius 2 is 2.00 bits per heavy atom. The van der Waals surface area contributed by atoms with Gasteiger partial charge in [0, 0.05) is 38.8 Å². The second kappa shape index (κ2) is 8.88. The SMILES string of the molecule is COc1ccc2nc(SCC(=O)N3CCN(Cc4cccc(C)c4)CC3)[nH]c2c1. The number of aromatic nitrogens is 2. The summed E-state index contributed by atoms with van der Waals surface area (Å²) in [6.07, 6.45) is 0. The number of ether oxygens (including phenoxy) is 1. The number of carbonyl (C=O) groups is 1. The van der Waals surface area contributed by atoms with Gasteiger partial charge < -0.3 is 14.6 Å². The summed E-state index contributed by atoms with van der Waals surface area (Å²) in [7, 11) is 1.65. The maximum Gasteiger partial charge on any atom is 0.233 e. The third kappa shape index (κ3) is 4.92. The van der Waals surface area contributed by atoms with Crippen LogP contribution in [-0.4, -0.2) is 64.7 Å². The molecule has 6 nitrogen and oxygen atoms in total. The molecule has 4 rings (SSSR count). The fourth-order valence-corrected chi connectivity index (χ4v) is 4.39. The topological polar surface area (TPSA) is 61.5 Å². The van der Waals surface area contributed by atoms with Gasteiger partial charge in [0.05, 0.1) is 23.9 Å². The Balaban J connectivity index is 1.26. The zero-order valence-corrected chi connectivity index (χ0v) is 17.7. The molecule has 2 aromatic carbocycles. The number of carbonyl (C=O) groups excluding carboxylic acids is 1. The minimum absolute atomic E-state index is 0.170. The number of benzene rings is 2. The number of H-pyrrole nitrogens is 1. The maximum absolute atomic E-state index is 12.6. The zero-order valence-electron chi connectivity index (χ0n) is 16.9. The van der Waals surface area contributed by atoms with Gasteiger partial charge in [0.25, 0.3) is 0 Å². The first-order valence-electron chi connectivity index (χ1n) is 9.83. The summed E-state index contributed by atoms with van der Waals surface area (Å²) >= 11 is 1.45. The fourth-order valence-electron chi connectivity index (χ4n) is 3.61. The number of amides is 1. The Labute approximate surface area is 175 Å². The van der Waals surface area contributed by atoms with Crippen molar-refractivity contribution in [2.24, 2.45) is 0 Å². The smallest absolute Gasteiger partial charge is 0.233 e. The van der Waals surface area contributed by atoms with Crippen LogP contribution in [0.15, 0.2) is 47.6 Å². The highest BCUT2D eigenvalue weighted by Gasteiger charge is 2.21. The van der Waals surface area contributed by atoms with Crippen molar-refractivity contribution in [2.75, 3.05) is 39.0 Å². The van der Waals surface area contributed by atoms with E-state index >= 15 is 0 Å².